The molecular formula is C25H31N3O3S. The molecule has 1 saturated carbocycles. The Bertz CT molecular complexity index is 1020. The maximum Gasteiger partial charge on any atom is 0.250 e. The van der Waals surface area contributed by atoms with E-state index in [1.54, 1.807) is 14.2 Å². The van der Waals surface area contributed by atoms with Crippen LogP contribution in [0.1, 0.15) is 42.5 Å². The Morgan fingerprint density at radius 2 is 1.88 bits per heavy atom. The summed E-state index contributed by atoms with van der Waals surface area (Å²) in [6, 6.07) is 10.5. The summed E-state index contributed by atoms with van der Waals surface area (Å²) in [6.07, 6.45) is 9.04. The number of thiophene rings is 1. The van der Waals surface area contributed by atoms with Gasteiger partial charge in [0.25, 0.3) is 5.89 Å². The van der Waals surface area contributed by atoms with Gasteiger partial charge < -0.3 is 18.9 Å². The van der Waals surface area contributed by atoms with Crippen LogP contribution < -0.4 is 9.47 Å². The van der Waals surface area contributed by atoms with Gasteiger partial charge in [0.2, 0.25) is 5.82 Å². The fourth-order valence-corrected chi connectivity index (χ4v) is 5.65. The Morgan fingerprint density at radius 3 is 2.53 bits per heavy atom. The Labute approximate surface area is 193 Å². The summed E-state index contributed by atoms with van der Waals surface area (Å²) in [5.74, 6) is 3.64. The number of hydrogen-bond acceptors (Lipinski definition) is 7. The van der Waals surface area contributed by atoms with Crippen molar-refractivity contribution in [2.24, 2.45) is 11.8 Å². The van der Waals surface area contributed by atoms with Crippen LogP contribution in [0.25, 0.3) is 17.5 Å². The van der Waals surface area contributed by atoms with Crippen LogP contribution >= 0.6 is 11.3 Å². The van der Waals surface area contributed by atoms with Crippen molar-refractivity contribution in [2.75, 3.05) is 28.3 Å². The van der Waals surface area contributed by atoms with Crippen molar-refractivity contribution in [3.05, 3.63) is 52.6 Å². The Kier molecular flexibility index (Phi) is 7.27. The van der Waals surface area contributed by atoms with Crippen molar-refractivity contribution >= 4 is 17.4 Å². The van der Waals surface area contributed by atoms with Crippen LogP contribution in [0.5, 0.6) is 11.5 Å². The Balaban J connectivity index is 1.37. The molecule has 7 heteroatoms. The molecule has 3 aromatic rings. The molecule has 1 aromatic carbocycles. The third-order valence-electron chi connectivity index (χ3n) is 6.25. The van der Waals surface area contributed by atoms with Crippen molar-refractivity contribution in [3.63, 3.8) is 0 Å². The van der Waals surface area contributed by atoms with Gasteiger partial charge in [-0.05, 0) is 87.3 Å². The third-order valence-corrected chi connectivity index (χ3v) is 7.19. The van der Waals surface area contributed by atoms with Crippen LogP contribution in [0.15, 0.2) is 46.3 Å². The zero-order valence-electron chi connectivity index (χ0n) is 19.2. The summed E-state index contributed by atoms with van der Waals surface area (Å²) in [6.45, 7) is 0. The molecule has 2 aromatic heterocycles. The molecule has 6 nitrogen and oxygen atoms in total. The van der Waals surface area contributed by atoms with E-state index in [2.05, 4.69) is 52.7 Å². The van der Waals surface area contributed by atoms with Crippen molar-refractivity contribution in [1.29, 1.82) is 0 Å². The summed E-state index contributed by atoms with van der Waals surface area (Å²) in [4.78, 5) is 8.38. The lowest BCUT2D eigenvalue weighted by atomic mass is 9.77. The molecule has 170 valence electrons. The van der Waals surface area contributed by atoms with E-state index < -0.39 is 0 Å². The maximum absolute atomic E-state index is 5.45. The number of benzene rings is 1. The van der Waals surface area contributed by atoms with E-state index in [4.69, 9.17) is 14.0 Å². The molecule has 32 heavy (non-hydrogen) atoms. The number of aromatic nitrogens is 2. The van der Waals surface area contributed by atoms with Gasteiger partial charge in [-0.2, -0.15) is 4.98 Å². The zero-order chi connectivity index (χ0) is 22.5. The molecule has 1 fully saturated rings. The van der Waals surface area contributed by atoms with E-state index in [0.717, 1.165) is 5.56 Å². The second kappa shape index (κ2) is 10.3. The molecule has 4 rings (SSSR count). The molecule has 0 amide bonds. The highest BCUT2D eigenvalue weighted by Gasteiger charge is 2.29. The molecule has 0 radical (unpaired) electrons. The van der Waals surface area contributed by atoms with E-state index in [0.29, 0.717) is 41.1 Å². The highest BCUT2D eigenvalue weighted by molar-refractivity contribution is 7.10. The number of rotatable bonds is 8. The molecule has 0 saturated heterocycles. The normalized spacial score (nSPS) is 20.0. The lowest BCUT2D eigenvalue weighted by molar-refractivity contribution is 0.162. The van der Waals surface area contributed by atoms with Gasteiger partial charge in [-0.3, -0.25) is 0 Å². The number of methoxy groups -OCH3 is 2. The highest BCUT2D eigenvalue weighted by Crippen LogP contribution is 2.41. The zero-order valence-corrected chi connectivity index (χ0v) is 20.0. The van der Waals surface area contributed by atoms with Crippen LogP contribution in [-0.2, 0) is 0 Å². The van der Waals surface area contributed by atoms with Crippen LogP contribution in [-0.4, -0.2) is 43.4 Å². The van der Waals surface area contributed by atoms with Crippen molar-refractivity contribution in [2.45, 2.75) is 31.7 Å². The van der Waals surface area contributed by atoms with Gasteiger partial charge in [0.15, 0.2) is 11.5 Å². The first-order chi connectivity index (χ1) is 15.6. The van der Waals surface area contributed by atoms with Crippen LogP contribution in [0.2, 0.25) is 0 Å². The minimum Gasteiger partial charge on any atom is -0.493 e. The topological polar surface area (TPSA) is 60.6 Å². The monoisotopic (exact) mass is 453 g/mol. The fraction of sp³-hybridized carbons (Fsp3) is 0.440. The number of hydrogen-bond donors (Lipinski definition) is 0. The minimum atomic E-state index is 0.514. The molecular weight excluding hydrogens is 422 g/mol. The first-order valence-corrected chi connectivity index (χ1v) is 11.9. The molecule has 2 heterocycles. The molecule has 1 aliphatic rings. The number of ether oxygens (including phenoxy) is 2. The predicted molar refractivity (Wildman–Crippen MR) is 128 cm³/mol. The lowest BCUT2D eigenvalue weighted by Gasteiger charge is -2.36. The molecule has 1 aliphatic carbocycles. The molecule has 0 N–H and O–H groups in total. The van der Waals surface area contributed by atoms with Crippen molar-refractivity contribution in [1.82, 2.24) is 15.0 Å². The van der Waals surface area contributed by atoms with Gasteiger partial charge in [0, 0.05) is 16.5 Å². The number of allylic oxidation sites excluding steroid dienone is 1. The summed E-state index contributed by atoms with van der Waals surface area (Å²) in [5, 5.41) is 6.31. The fourth-order valence-electron chi connectivity index (χ4n) is 4.64. The molecule has 0 bridgehead atoms. The van der Waals surface area contributed by atoms with Crippen molar-refractivity contribution < 1.29 is 14.0 Å². The van der Waals surface area contributed by atoms with E-state index in [-0.39, 0.29) is 0 Å². The van der Waals surface area contributed by atoms with Crippen LogP contribution in [0.3, 0.4) is 0 Å². The lowest BCUT2D eigenvalue weighted by Crippen LogP contribution is -2.29. The Morgan fingerprint density at radius 1 is 1.09 bits per heavy atom. The van der Waals surface area contributed by atoms with E-state index in [9.17, 15) is 0 Å². The second-order valence-electron chi connectivity index (χ2n) is 8.48. The summed E-state index contributed by atoms with van der Waals surface area (Å²) in [7, 11) is 7.62. The molecule has 1 unspecified atom stereocenters. The second-order valence-corrected chi connectivity index (χ2v) is 9.46. The SMILES string of the molecule is COc1ccc(-c2noc(/C=C/C3CCC(C(c4cccs4)N(C)C)CC3)n2)cc1OC. The molecule has 1 atom stereocenters. The van der Waals surface area contributed by atoms with E-state index in [1.807, 2.05) is 35.6 Å². The average molecular weight is 454 g/mol. The van der Waals surface area contributed by atoms with Gasteiger partial charge >= 0.3 is 0 Å². The van der Waals surface area contributed by atoms with Gasteiger partial charge in [-0.15, -0.1) is 11.3 Å². The summed E-state index contributed by atoms with van der Waals surface area (Å²) < 4.78 is 16.1. The first kappa shape index (κ1) is 22.6. The van der Waals surface area contributed by atoms with Crippen LogP contribution in [0, 0.1) is 11.8 Å². The van der Waals surface area contributed by atoms with Crippen LogP contribution in [0.4, 0.5) is 0 Å². The van der Waals surface area contributed by atoms with Crippen molar-refractivity contribution in [3.8, 4) is 22.9 Å². The van der Waals surface area contributed by atoms with E-state index in [1.165, 1.54) is 30.6 Å². The minimum absolute atomic E-state index is 0.514. The van der Waals surface area contributed by atoms with Gasteiger partial charge in [-0.25, -0.2) is 0 Å². The highest BCUT2D eigenvalue weighted by atomic mass is 32.1. The average Bonchev–Trinajstić information content (AvgIpc) is 3.50. The quantitative estimate of drug-likeness (QED) is 0.421. The smallest absolute Gasteiger partial charge is 0.250 e. The van der Waals surface area contributed by atoms with Gasteiger partial charge in [-0.1, -0.05) is 17.3 Å². The molecule has 0 spiro atoms. The summed E-state index contributed by atoms with van der Waals surface area (Å²) >= 11 is 1.87. The molecule has 0 aliphatic heterocycles. The summed E-state index contributed by atoms with van der Waals surface area (Å²) in [5.41, 5.74) is 0.829. The largest absolute Gasteiger partial charge is 0.493 e. The van der Waals surface area contributed by atoms with E-state index >= 15 is 0 Å². The predicted octanol–water partition coefficient (Wildman–Crippen LogP) is 5.94. The standard InChI is InChI=1S/C25H31N3O3S/c1-28(2)24(22-6-5-15-32-22)18-10-7-17(8-11-18)9-14-23-26-25(27-31-23)19-12-13-20(29-3)21(16-19)30-4/h5-6,9,12-18,24H,7-8,10-11H2,1-4H3/b14-9+. The maximum atomic E-state index is 5.45. The van der Waals surface area contributed by atoms with Gasteiger partial charge in [0.1, 0.15) is 0 Å². The third kappa shape index (κ3) is 5.05. The number of nitrogens with zero attached hydrogens (tertiary/aromatic N) is 3. The van der Waals surface area contributed by atoms with Gasteiger partial charge in [0.05, 0.1) is 14.2 Å². The first-order valence-electron chi connectivity index (χ1n) is 11.0. The Hall–Kier alpha value is -2.64.